The smallest absolute Gasteiger partial charge is 0.273 e. The Hall–Kier alpha value is -4.00. The van der Waals surface area contributed by atoms with Gasteiger partial charge in [-0.15, -0.1) is 0 Å². The summed E-state index contributed by atoms with van der Waals surface area (Å²) in [6.45, 7) is 0.660. The Kier molecular flexibility index (Phi) is 6.05. The molecule has 2 aliphatic rings. The maximum absolute atomic E-state index is 14.5. The number of sulfonamides is 1. The first-order valence-corrected chi connectivity index (χ1v) is 13.7. The number of anilines is 1. The van der Waals surface area contributed by atoms with Gasteiger partial charge in [-0.2, -0.15) is 4.31 Å². The third-order valence-electron chi connectivity index (χ3n) is 7.12. The number of β-amino-alcohol motifs (C(OH)–C–C–N with tert-alkyl or cyclic N) is 1. The summed E-state index contributed by atoms with van der Waals surface area (Å²) in [6.07, 6.45) is -0.610. The lowest BCUT2D eigenvalue weighted by Crippen LogP contribution is -2.30. The van der Waals surface area contributed by atoms with E-state index >= 15 is 0 Å². The number of carbonyl (C=O) groups is 1. The molecule has 6 rings (SSSR count). The van der Waals surface area contributed by atoms with E-state index < -0.39 is 38.6 Å². The van der Waals surface area contributed by atoms with Crippen molar-refractivity contribution in [3.8, 4) is 11.1 Å². The number of hydrogen-bond acceptors (Lipinski definition) is 7. The molecule has 3 N–H and O–H groups in total. The summed E-state index contributed by atoms with van der Waals surface area (Å²) in [5, 5.41) is 10.1. The number of fused-ring (bicyclic) bond motifs is 2. The number of nitrogens with two attached hydrogens (primary N) is 1. The first-order valence-electron chi connectivity index (χ1n) is 12.2. The van der Waals surface area contributed by atoms with Crippen molar-refractivity contribution in [2.24, 2.45) is 0 Å². The Balaban J connectivity index is 1.47. The number of nitrogens with zero attached hydrogens (tertiary/aromatic N) is 4. The molecule has 1 amide bonds. The highest BCUT2D eigenvalue weighted by Gasteiger charge is 2.34. The van der Waals surface area contributed by atoms with Gasteiger partial charge in [0, 0.05) is 37.1 Å². The van der Waals surface area contributed by atoms with Gasteiger partial charge in [0.05, 0.1) is 16.5 Å². The monoisotopic (exact) mass is 551 g/mol. The van der Waals surface area contributed by atoms with Crippen molar-refractivity contribution in [2.45, 2.75) is 30.5 Å². The first kappa shape index (κ1) is 25.3. The minimum atomic E-state index is -4.28. The highest BCUT2D eigenvalue weighted by molar-refractivity contribution is 7.89. The zero-order valence-electron chi connectivity index (χ0n) is 20.5. The molecule has 1 saturated heterocycles. The highest BCUT2D eigenvalue weighted by atomic mass is 32.2. The van der Waals surface area contributed by atoms with Crippen molar-refractivity contribution in [3.05, 3.63) is 83.1 Å². The van der Waals surface area contributed by atoms with Crippen LogP contribution < -0.4 is 5.73 Å². The molecule has 0 radical (unpaired) electrons. The number of amides is 1. The van der Waals surface area contributed by atoms with Crippen LogP contribution in [0.2, 0.25) is 0 Å². The van der Waals surface area contributed by atoms with Crippen LogP contribution in [0.15, 0.2) is 59.5 Å². The lowest BCUT2D eigenvalue weighted by atomic mass is 10.0. The van der Waals surface area contributed by atoms with E-state index in [0.717, 1.165) is 21.5 Å². The summed E-state index contributed by atoms with van der Waals surface area (Å²) in [4.78, 5) is 23.2. The van der Waals surface area contributed by atoms with Crippen molar-refractivity contribution >= 4 is 32.8 Å². The van der Waals surface area contributed by atoms with E-state index in [9.17, 15) is 27.1 Å². The van der Waals surface area contributed by atoms with Gasteiger partial charge >= 0.3 is 0 Å². The quantitative estimate of drug-likeness (QED) is 0.399. The molecule has 200 valence electrons. The van der Waals surface area contributed by atoms with Crippen LogP contribution in [0.25, 0.3) is 22.0 Å². The van der Waals surface area contributed by atoms with Gasteiger partial charge in [-0.1, -0.05) is 30.3 Å². The minimum absolute atomic E-state index is 0.0156. The lowest BCUT2D eigenvalue weighted by Gasteiger charge is -2.19. The van der Waals surface area contributed by atoms with Crippen LogP contribution in [0.3, 0.4) is 0 Å². The maximum Gasteiger partial charge on any atom is 0.273 e. The average molecular weight is 552 g/mol. The molecular formula is C27H23F2N5O4S. The topological polar surface area (TPSA) is 130 Å². The molecule has 12 heteroatoms. The third kappa shape index (κ3) is 4.40. The van der Waals surface area contributed by atoms with Gasteiger partial charge in [-0.25, -0.2) is 27.2 Å². The molecule has 1 aromatic heterocycles. The Bertz CT molecular complexity index is 1740. The second-order valence-electron chi connectivity index (χ2n) is 9.66. The number of aromatic nitrogens is 2. The van der Waals surface area contributed by atoms with Gasteiger partial charge < -0.3 is 15.7 Å². The molecule has 0 aliphatic carbocycles. The summed E-state index contributed by atoms with van der Waals surface area (Å²) in [6, 6.07) is 13.6. The van der Waals surface area contributed by atoms with Crippen LogP contribution >= 0.6 is 0 Å². The van der Waals surface area contributed by atoms with Gasteiger partial charge in [0.15, 0.2) is 11.6 Å². The van der Waals surface area contributed by atoms with Crippen LogP contribution in [0.1, 0.15) is 28.0 Å². The van der Waals surface area contributed by atoms with Gasteiger partial charge in [-0.3, -0.25) is 4.79 Å². The molecular weight excluding hydrogens is 528 g/mol. The van der Waals surface area contributed by atoms with Crippen LogP contribution in [0.5, 0.6) is 0 Å². The van der Waals surface area contributed by atoms with Gasteiger partial charge in [0.1, 0.15) is 5.69 Å². The summed E-state index contributed by atoms with van der Waals surface area (Å²) >= 11 is 0. The molecule has 1 atom stereocenters. The van der Waals surface area contributed by atoms with E-state index in [1.54, 1.807) is 4.90 Å². The molecule has 0 spiro atoms. The molecule has 4 aromatic rings. The maximum atomic E-state index is 14.5. The number of carbonyl (C=O) groups excluding carboxylic acids is 1. The second kappa shape index (κ2) is 9.33. The van der Waals surface area contributed by atoms with Crippen LogP contribution in [0.4, 0.5) is 14.7 Å². The Labute approximate surface area is 222 Å². The predicted octanol–water partition coefficient (Wildman–Crippen LogP) is 3.07. The first-order chi connectivity index (χ1) is 18.6. The van der Waals surface area contributed by atoms with Crippen LogP contribution in [-0.4, -0.2) is 57.8 Å². The Morgan fingerprint density at radius 3 is 2.36 bits per heavy atom. The fourth-order valence-electron chi connectivity index (χ4n) is 5.14. The van der Waals surface area contributed by atoms with Crippen LogP contribution in [0, 0.1) is 11.6 Å². The van der Waals surface area contributed by atoms with E-state index in [-0.39, 0.29) is 47.7 Å². The largest absolute Gasteiger partial charge is 0.392 e. The Morgan fingerprint density at radius 1 is 1.00 bits per heavy atom. The van der Waals surface area contributed by atoms with Crippen molar-refractivity contribution in [1.29, 1.82) is 0 Å². The minimum Gasteiger partial charge on any atom is -0.392 e. The fraction of sp³-hybridized carbons (Fsp3) is 0.222. The predicted molar refractivity (Wildman–Crippen MR) is 139 cm³/mol. The van der Waals surface area contributed by atoms with Crippen molar-refractivity contribution in [1.82, 2.24) is 19.2 Å². The number of halogens is 2. The number of benzene rings is 3. The average Bonchev–Trinajstić information content (AvgIpc) is 3.55. The highest BCUT2D eigenvalue weighted by Crippen LogP contribution is 2.35. The van der Waals surface area contributed by atoms with Gasteiger partial charge in [-0.05, 0) is 47.4 Å². The fourth-order valence-corrected chi connectivity index (χ4v) is 6.84. The summed E-state index contributed by atoms with van der Waals surface area (Å²) in [7, 11) is -4.28. The van der Waals surface area contributed by atoms with Crippen molar-refractivity contribution < 1.29 is 27.1 Å². The molecule has 0 saturated carbocycles. The molecule has 0 bridgehead atoms. The van der Waals surface area contributed by atoms with Gasteiger partial charge in [0.2, 0.25) is 16.0 Å². The van der Waals surface area contributed by atoms with Crippen molar-refractivity contribution in [2.75, 3.05) is 18.8 Å². The van der Waals surface area contributed by atoms with E-state index in [1.807, 2.05) is 24.3 Å². The molecule has 2 aliphatic heterocycles. The number of hydrogen-bond donors (Lipinski definition) is 2. The van der Waals surface area contributed by atoms with E-state index in [2.05, 4.69) is 9.97 Å². The SMILES string of the molecule is Nc1nc(C(=O)N2Cc3ccccc3C2)c2cc(-c3cc(F)c(F)cc3S(=O)(=O)N3CCC(O)C3)ccc2n1. The van der Waals surface area contributed by atoms with Gasteiger partial charge in [0.25, 0.3) is 5.91 Å². The molecule has 3 heterocycles. The molecule has 1 fully saturated rings. The molecule has 39 heavy (non-hydrogen) atoms. The standard InChI is InChI=1S/C27H23F2N5O4S/c28-21-10-19(24(11-22(21)29)39(37,38)34-8-7-18(35)14-34)15-5-6-23-20(9-15)25(32-27(30)31-23)26(36)33-12-16-3-1-2-4-17(16)13-33/h1-6,9-11,18,35H,7-8,12-14H2,(H2,30,31,32). The zero-order chi connectivity index (χ0) is 27.5. The van der Waals surface area contributed by atoms with Crippen molar-refractivity contribution in [3.63, 3.8) is 0 Å². The molecule has 9 nitrogen and oxygen atoms in total. The third-order valence-corrected chi connectivity index (χ3v) is 9.03. The van der Waals surface area contributed by atoms with Crippen LogP contribution in [-0.2, 0) is 23.1 Å². The zero-order valence-corrected chi connectivity index (χ0v) is 21.3. The van der Waals surface area contributed by atoms with E-state index in [0.29, 0.717) is 24.7 Å². The summed E-state index contributed by atoms with van der Waals surface area (Å²) in [5.74, 6) is -3.06. The normalized spacial score (nSPS) is 17.6. The molecule has 1 unspecified atom stereocenters. The van der Waals surface area contributed by atoms with E-state index in [1.165, 1.54) is 18.2 Å². The second-order valence-corrected chi connectivity index (χ2v) is 11.6. The summed E-state index contributed by atoms with van der Waals surface area (Å²) < 4.78 is 56.7. The summed E-state index contributed by atoms with van der Waals surface area (Å²) in [5.41, 5.74) is 8.40. The number of aliphatic hydroxyl groups excluding tert-OH is 1. The number of rotatable bonds is 4. The lowest BCUT2D eigenvalue weighted by molar-refractivity contribution is 0.0747. The number of aliphatic hydroxyl groups is 1. The Morgan fingerprint density at radius 2 is 1.69 bits per heavy atom. The van der Waals surface area contributed by atoms with E-state index in [4.69, 9.17) is 5.73 Å². The molecule has 3 aromatic carbocycles. The number of nitrogen functional groups attached to an aromatic ring is 1.